The average Bonchev–Trinajstić information content (AvgIpc) is 2.48. The van der Waals surface area contributed by atoms with Crippen molar-refractivity contribution in [1.82, 2.24) is 4.90 Å². The van der Waals surface area contributed by atoms with Crippen molar-refractivity contribution in [3.05, 3.63) is 35.9 Å². The van der Waals surface area contributed by atoms with Gasteiger partial charge < -0.3 is 15.4 Å². The van der Waals surface area contributed by atoms with Crippen molar-refractivity contribution >= 4 is 5.91 Å². The number of benzene rings is 1. The first-order valence-electron chi connectivity index (χ1n) is 7.32. The number of amides is 1. The molecule has 0 saturated carbocycles. The summed E-state index contributed by atoms with van der Waals surface area (Å²) in [6.07, 6.45) is 2.06. The second-order valence-corrected chi connectivity index (χ2v) is 5.58. The monoisotopic (exact) mass is 276 g/mol. The molecule has 2 N–H and O–H groups in total. The zero-order valence-corrected chi connectivity index (χ0v) is 12.1. The minimum absolute atomic E-state index is 0.0586. The van der Waals surface area contributed by atoms with Crippen LogP contribution in [0.2, 0.25) is 0 Å². The van der Waals surface area contributed by atoms with E-state index in [9.17, 15) is 4.79 Å². The van der Waals surface area contributed by atoms with Crippen molar-refractivity contribution in [3.63, 3.8) is 0 Å². The summed E-state index contributed by atoms with van der Waals surface area (Å²) in [5.41, 5.74) is 6.86. The molecule has 0 radical (unpaired) electrons. The maximum Gasteiger partial charge on any atom is 0.248 e. The van der Waals surface area contributed by atoms with Crippen LogP contribution in [0.5, 0.6) is 0 Å². The molecule has 1 saturated heterocycles. The van der Waals surface area contributed by atoms with E-state index in [1.807, 2.05) is 35.2 Å². The molecule has 4 nitrogen and oxygen atoms in total. The van der Waals surface area contributed by atoms with E-state index in [0.29, 0.717) is 19.1 Å². The number of piperidine rings is 1. The Bertz CT molecular complexity index is 422. The smallest absolute Gasteiger partial charge is 0.248 e. The second-order valence-electron chi connectivity index (χ2n) is 5.58. The summed E-state index contributed by atoms with van der Waals surface area (Å²) in [4.78, 5) is 14.1. The van der Waals surface area contributed by atoms with Gasteiger partial charge in [-0.2, -0.15) is 0 Å². The minimum atomic E-state index is 0.0586. The number of carbonyl (C=O) groups is 1. The van der Waals surface area contributed by atoms with Gasteiger partial charge in [0.05, 0.1) is 6.61 Å². The van der Waals surface area contributed by atoms with Crippen molar-refractivity contribution in [2.45, 2.75) is 32.4 Å². The standard InChI is InChI=1S/C16H24N2O2/c1-13-7-8-18(15(9-13)10-17)16(19)12-20-11-14-5-3-2-4-6-14/h2-6,13,15H,7-12,17H2,1H3. The zero-order valence-electron chi connectivity index (χ0n) is 12.1. The number of hydrogen-bond acceptors (Lipinski definition) is 3. The number of nitrogens with two attached hydrogens (primary N) is 1. The molecule has 1 fully saturated rings. The minimum Gasteiger partial charge on any atom is -0.367 e. The third-order valence-corrected chi connectivity index (χ3v) is 3.91. The lowest BCUT2D eigenvalue weighted by Gasteiger charge is -2.37. The van der Waals surface area contributed by atoms with Crippen LogP contribution in [0, 0.1) is 5.92 Å². The summed E-state index contributed by atoms with van der Waals surface area (Å²) < 4.78 is 5.52. The van der Waals surface area contributed by atoms with Crippen LogP contribution in [0.4, 0.5) is 0 Å². The topological polar surface area (TPSA) is 55.6 Å². The van der Waals surface area contributed by atoms with E-state index >= 15 is 0 Å². The van der Waals surface area contributed by atoms with Gasteiger partial charge in [-0.1, -0.05) is 37.3 Å². The summed E-state index contributed by atoms with van der Waals surface area (Å²) in [6.45, 7) is 4.17. The van der Waals surface area contributed by atoms with Crippen LogP contribution in [0.25, 0.3) is 0 Å². The van der Waals surface area contributed by atoms with Gasteiger partial charge in [-0.15, -0.1) is 0 Å². The van der Waals surface area contributed by atoms with Crippen LogP contribution in [-0.2, 0) is 16.1 Å². The van der Waals surface area contributed by atoms with Crippen LogP contribution in [0.1, 0.15) is 25.3 Å². The quantitative estimate of drug-likeness (QED) is 0.892. The maximum absolute atomic E-state index is 12.2. The Kier molecular flexibility index (Phi) is 5.56. The molecule has 1 heterocycles. The number of nitrogens with zero attached hydrogens (tertiary/aromatic N) is 1. The van der Waals surface area contributed by atoms with Gasteiger partial charge in [0.15, 0.2) is 0 Å². The van der Waals surface area contributed by atoms with Crippen LogP contribution >= 0.6 is 0 Å². The fourth-order valence-electron chi connectivity index (χ4n) is 2.72. The van der Waals surface area contributed by atoms with Gasteiger partial charge in [0.25, 0.3) is 0 Å². The van der Waals surface area contributed by atoms with Crippen LogP contribution in [0.3, 0.4) is 0 Å². The third-order valence-electron chi connectivity index (χ3n) is 3.91. The number of ether oxygens (including phenoxy) is 1. The van der Waals surface area contributed by atoms with Gasteiger partial charge in [-0.3, -0.25) is 4.79 Å². The SMILES string of the molecule is CC1CCN(C(=O)COCc2ccccc2)C(CN)C1. The largest absolute Gasteiger partial charge is 0.367 e. The number of rotatable bonds is 5. The van der Waals surface area contributed by atoms with Crippen molar-refractivity contribution in [3.8, 4) is 0 Å². The van der Waals surface area contributed by atoms with Crippen molar-refractivity contribution in [1.29, 1.82) is 0 Å². The Morgan fingerprint density at radius 1 is 1.40 bits per heavy atom. The molecule has 2 rings (SSSR count). The molecule has 2 atom stereocenters. The van der Waals surface area contributed by atoms with Gasteiger partial charge in [0.2, 0.25) is 5.91 Å². The van der Waals surface area contributed by atoms with E-state index in [0.717, 1.165) is 24.9 Å². The Labute approximate surface area is 120 Å². The van der Waals surface area contributed by atoms with Crippen molar-refractivity contribution in [2.24, 2.45) is 11.7 Å². The van der Waals surface area contributed by atoms with E-state index in [2.05, 4.69) is 6.92 Å². The summed E-state index contributed by atoms with van der Waals surface area (Å²) >= 11 is 0. The highest BCUT2D eigenvalue weighted by Gasteiger charge is 2.28. The Morgan fingerprint density at radius 2 is 2.15 bits per heavy atom. The number of likely N-dealkylation sites (tertiary alicyclic amines) is 1. The Balaban J connectivity index is 1.79. The molecule has 0 aliphatic carbocycles. The first-order valence-corrected chi connectivity index (χ1v) is 7.32. The summed E-state index contributed by atoms with van der Waals surface area (Å²) in [5, 5.41) is 0. The molecule has 0 bridgehead atoms. The molecule has 4 heteroatoms. The predicted molar refractivity (Wildman–Crippen MR) is 79.1 cm³/mol. The van der Waals surface area contributed by atoms with Gasteiger partial charge in [0, 0.05) is 19.1 Å². The molecule has 0 aromatic heterocycles. The second kappa shape index (κ2) is 7.41. The molecule has 20 heavy (non-hydrogen) atoms. The number of carbonyl (C=O) groups excluding carboxylic acids is 1. The summed E-state index contributed by atoms with van der Waals surface area (Å²) in [5.74, 6) is 0.709. The van der Waals surface area contributed by atoms with E-state index in [1.165, 1.54) is 0 Å². The molecule has 0 spiro atoms. The maximum atomic E-state index is 12.2. The zero-order chi connectivity index (χ0) is 14.4. The van der Waals surface area contributed by atoms with Crippen molar-refractivity contribution in [2.75, 3.05) is 19.7 Å². The fourth-order valence-corrected chi connectivity index (χ4v) is 2.72. The average molecular weight is 276 g/mol. The molecule has 1 aliphatic rings. The van der Waals surface area contributed by atoms with E-state index in [4.69, 9.17) is 10.5 Å². The molecule has 110 valence electrons. The molecular weight excluding hydrogens is 252 g/mol. The van der Waals surface area contributed by atoms with Gasteiger partial charge in [0.1, 0.15) is 6.61 Å². The van der Waals surface area contributed by atoms with Gasteiger partial charge >= 0.3 is 0 Å². The molecule has 1 aromatic rings. The fraction of sp³-hybridized carbons (Fsp3) is 0.562. The lowest BCUT2D eigenvalue weighted by Crippen LogP contribution is -2.50. The van der Waals surface area contributed by atoms with Crippen LogP contribution in [-0.4, -0.2) is 36.5 Å². The normalized spacial score (nSPS) is 22.8. The molecular formula is C16H24N2O2. The summed E-state index contributed by atoms with van der Waals surface area (Å²) in [7, 11) is 0. The van der Waals surface area contributed by atoms with Crippen molar-refractivity contribution < 1.29 is 9.53 Å². The lowest BCUT2D eigenvalue weighted by molar-refractivity contribution is -0.140. The van der Waals surface area contributed by atoms with E-state index < -0.39 is 0 Å². The molecule has 2 unspecified atom stereocenters. The molecule has 1 aromatic carbocycles. The van der Waals surface area contributed by atoms with Gasteiger partial charge in [-0.25, -0.2) is 0 Å². The highest BCUT2D eigenvalue weighted by Crippen LogP contribution is 2.21. The predicted octanol–water partition coefficient (Wildman–Crippen LogP) is 1.79. The summed E-state index contributed by atoms with van der Waals surface area (Å²) in [6, 6.07) is 10.1. The van der Waals surface area contributed by atoms with Gasteiger partial charge in [-0.05, 0) is 24.3 Å². The van der Waals surface area contributed by atoms with E-state index in [-0.39, 0.29) is 18.6 Å². The lowest BCUT2D eigenvalue weighted by atomic mass is 9.92. The Hall–Kier alpha value is -1.39. The highest BCUT2D eigenvalue weighted by molar-refractivity contribution is 5.78. The first-order chi connectivity index (χ1) is 9.70. The van der Waals surface area contributed by atoms with Crippen LogP contribution < -0.4 is 5.73 Å². The van der Waals surface area contributed by atoms with E-state index in [1.54, 1.807) is 0 Å². The third kappa shape index (κ3) is 4.05. The van der Waals surface area contributed by atoms with Crippen LogP contribution in [0.15, 0.2) is 30.3 Å². The molecule has 1 amide bonds. The Morgan fingerprint density at radius 3 is 2.85 bits per heavy atom. The highest BCUT2D eigenvalue weighted by atomic mass is 16.5. The molecule has 1 aliphatic heterocycles. The number of hydrogen-bond donors (Lipinski definition) is 1. The first kappa shape index (κ1) is 15.0.